The van der Waals surface area contributed by atoms with Gasteiger partial charge in [0, 0.05) is 12.1 Å². The lowest BCUT2D eigenvalue weighted by Gasteiger charge is -2.14. The Labute approximate surface area is 138 Å². The number of halogens is 2. The van der Waals surface area contributed by atoms with E-state index >= 15 is 0 Å². The molecule has 0 fully saturated rings. The van der Waals surface area contributed by atoms with Crippen molar-refractivity contribution in [1.29, 1.82) is 0 Å². The van der Waals surface area contributed by atoms with Gasteiger partial charge in [0.25, 0.3) is 0 Å². The van der Waals surface area contributed by atoms with Crippen molar-refractivity contribution < 1.29 is 8.81 Å². The summed E-state index contributed by atoms with van der Waals surface area (Å²) in [6, 6.07) is 14.0. The van der Waals surface area contributed by atoms with Crippen LogP contribution < -0.4 is 0 Å². The number of rotatable bonds is 5. The average molecular weight is 332 g/mol. The van der Waals surface area contributed by atoms with Gasteiger partial charge in [0.2, 0.25) is 11.8 Å². The topological polar surface area (TPSA) is 42.2 Å². The van der Waals surface area contributed by atoms with Gasteiger partial charge in [-0.25, -0.2) is 4.39 Å². The van der Waals surface area contributed by atoms with E-state index in [4.69, 9.17) is 16.0 Å². The van der Waals surface area contributed by atoms with Crippen LogP contribution in [0.4, 0.5) is 4.39 Å². The number of nitrogens with zero attached hydrogens (tertiary/aromatic N) is 3. The lowest BCUT2D eigenvalue weighted by atomic mass is 10.2. The second-order valence-corrected chi connectivity index (χ2v) is 5.65. The third kappa shape index (κ3) is 3.75. The lowest BCUT2D eigenvalue weighted by molar-refractivity contribution is 0.279. The molecule has 0 N–H and O–H groups in total. The van der Waals surface area contributed by atoms with E-state index in [9.17, 15) is 4.39 Å². The molecule has 0 saturated carbocycles. The van der Waals surface area contributed by atoms with E-state index in [1.807, 2.05) is 36.2 Å². The molecule has 3 aromatic rings. The van der Waals surface area contributed by atoms with E-state index in [2.05, 4.69) is 10.2 Å². The molecule has 0 spiro atoms. The molecule has 0 radical (unpaired) electrons. The van der Waals surface area contributed by atoms with Crippen LogP contribution in [-0.4, -0.2) is 22.1 Å². The predicted octanol–water partition coefficient (Wildman–Crippen LogP) is 4.16. The first-order chi connectivity index (χ1) is 11.1. The SMILES string of the molecule is CN(Cc1nnc(-c2ccccc2Cl)o1)Cc1ccccc1F. The van der Waals surface area contributed by atoms with Gasteiger partial charge < -0.3 is 4.42 Å². The predicted molar refractivity (Wildman–Crippen MR) is 86.3 cm³/mol. The minimum absolute atomic E-state index is 0.221. The fourth-order valence-electron chi connectivity index (χ4n) is 2.27. The maximum absolute atomic E-state index is 13.7. The van der Waals surface area contributed by atoms with Crippen LogP contribution >= 0.6 is 11.6 Å². The van der Waals surface area contributed by atoms with Gasteiger partial charge in [0.05, 0.1) is 17.1 Å². The molecule has 0 aliphatic rings. The average Bonchev–Trinajstić information content (AvgIpc) is 2.98. The van der Waals surface area contributed by atoms with Crippen molar-refractivity contribution in [2.24, 2.45) is 0 Å². The molecular weight excluding hydrogens is 317 g/mol. The first kappa shape index (κ1) is 15.6. The summed E-state index contributed by atoms with van der Waals surface area (Å²) < 4.78 is 19.3. The van der Waals surface area contributed by atoms with Crippen LogP contribution in [0.15, 0.2) is 52.9 Å². The highest BCUT2D eigenvalue weighted by atomic mass is 35.5. The van der Waals surface area contributed by atoms with Crippen molar-refractivity contribution in [3.8, 4) is 11.5 Å². The Kier molecular flexibility index (Phi) is 4.69. The Morgan fingerprint density at radius 1 is 1.04 bits per heavy atom. The highest BCUT2D eigenvalue weighted by Gasteiger charge is 2.13. The van der Waals surface area contributed by atoms with Crippen LogP contribution in [-0.2, 0) is 13.1 Å². The van der Waals surface area contributed by atoms with Gasteiger partial charge in [-0.1, -0.05) is 41.9 Å². The summed E-state index contributed by atoms with van der Waals surface area (Å²) in [5, 5.41) is 8.61. The molecule has 0 atom stereocenters. The molecule has 3 rings (SSSR count). The normalized spacial score (nSPS) is 11.1. The first-order valence-electron chi connectivity index (χ1n) is 7.12. The zero-order valence-electron chi connectivity index (χ0n) is 12.5. The van der Waals surface area contributed by atoms with E-state index in [-0.39, 0.29) is 5.82 Å². The molecule has 0 bridgehead atoms. The molecule has 0 saturated heterocycles. The molecule has 0 aliphatic carbocycles. The van der Waals surface area contributed by atoms with Crippen molar-refractivity contribution in [3.05, 3.63) is 70.8 Å². The fraction of sp³-hybridized carbons (Fsp3) is 0.176. The Hall–Kier alpha value is -2.24. The molecule has 0 unspecified atom stereocenters. The molecule has 23 heavy (non-hydrogen) atoms. The minimum Gasteiger partial charge on any atom is -0.419 e. The number of aromatic nitrogens is 2. The van der Waals surface area contributed by atoms with Crippen molar-refractivity contribution in [2.75, 3.05) is 7.05 Å². The van der Waals surface area contributed by atoms with Crippen LogP contribution in [0.25, 0.3) is 11.5 Å². The van der Waals surface area contributed by atoms with Crippen molar-refractivity contribution in [1.82, 2.24) is 15.1 Å². The highest BCUT2D eigenvalue weighted by Crippen LogP contribution is 2.26. The summed E-state index contributed by atoms with van der Waals surface area (Å²) in [5.41, 5.74) is 1.32. The molecule has 4 nitrogen and oxygen atoms in total. The van der Waals surface area contributed by atoms with Gasteiger partial charge in [-0.3, -0.25) is 4.90 Å². The van der Waals surface area contributed by atoms with Gasteiger partial charge in [0.1, 0.15) is 5.82 Å². The number of benzene rings is 2. The molecule has 6 heteroatoms. The van der Waals surface area contributed by atoms with Gasteiger partial charge in [-0.15, -0.1) is 10.2 Å². The summed E-state index contributed by atoms with van der Waals surface area (Å²) in [6.45, 7) is 0.877. The van der Waals surface area contributed by atoms with Gasteiger partial charge >= 0.3 is 0 Å². The fourth-order valence-corrected chi connectivity index (χ4v) is 2.48. The van der Waals surface area contributed by atoms with E-state index in [0.29, 0.717) is 41.0 Å². The molecule has 0 aliphatic heterocycles. The minimum atomic E-state index is -0.221. The van der Waals surface area contributed by atoms with Crippen LogP contribution in [0.2, 0.25) is 5.02 Å². The lowest BCUT2D eigenvalue weighted by Crippen LogP contribution is -2.18. The van der Waals surface area contributed by atoms with Crippen LogP contribution in [0, 0.1) is 5.82 Å². The second kappa shape index (κ2) is 6.89. The number of hydrogen-bond donors (Lipinski definition) is 0. The standard InChI is InChI=1S/C17H15ClFN3O/c1-22(10-12-6-2-5-9-15(12)19)11-16-20-21-17(23-16)13-7-3-4-8-14(13)18/h2-9H,10-11H2,1H3. The van der Waals surface area contributed by atoms with E-state index in [0.717, 1.165) is 0 Å². The van der Waals surface area contributed by atoms with E-state index in [1.165, 1.54) is 6.07 Å². The van der Waals surface area contributed by atoms with Gasteiger partial charge in [-0.05, 0) is 25.2 Å². The van der Waals surface area contributed by atoms with Crippen LogP contribution in [0.1, 0.15) is 11.5 Å². The molecule has 1 aromatic heterocycles. The molecule has 118 valence electrons. The Morgan fingerprint density at radius 2 is 1.78 bits per heavy atom. The van der Waals surface area contributed by atoms with Gasteiger partial charge in [-0.2, -0.15) is 0 Å². The maximum atomic E-state index is 13.7. The Bertz CT molecular complexity index is 806. The molecule has 2 aromatic carbocycles. The third-order valence-electron chi connectivity index (χ3n) is 3.37. The monoisotopic (exact) mass is 331 g/mol. The zero-order valence-corrected chi connectivity index (χ0v) is 13.3. The summed E-state index contributed by atoms with van der Waals surface area (Å²) >= 11 is 6.12. The third-order valence-corrected chi connectivity index (χ3v) is 3.70. The summed E-state index contributed by atoms with van der Waals surface area (Å²) in [5.74, 6) is 0.616. The Balaban J connectivity index is 1.70. The molecule has 1 heterocycles. The first-order valence-corrected chi connectivity index (χ1v) is 7.50. The Morgan fingerprint density at radius 3 is 2.57 bits per heavy atom. The molecular formula is C17H15ClFN3O. The van der Waals surface area contributed by atoms with Crippen LogP contribution in [0.3, 0.4) is 0 Å². The van der Waals surface area contributed by atoms with Crippen LogP contribution in [0.5, 0.6) is 0 Å². The molecule has 0 amide bonds. The quantitative estimate of drug-likeness (QED) is 0.704. The highest BCUT2D eigenvalue weighted by molar-refractivity contribution is 6.33. The maximum Gasteiger partial charge on any atom is 0.249 e. The largest absolute Gasteiger partial charge is 0.419 e. The van der Waals surface area contributed by atoms with E-state index < -0.39 is 0 Å². The van der Waals surface area contributed by atoms with Gasteiger partial charge in [0.15, 0.2) is 0 Å². The summed E-state index contributed by atoms with van der Waals surface area (Å²) in [6.07, 6.45) is 0. The van der Waals surface area contributed by atoms with Crippen molar-refractivity contribution in [2.45, 2.75) is 13.1 Å². The van der Waals surface area contributed by atoms with Crippen molar-refractivity contribution in [3.63, 3.8) is 0 Å². The zero-order chi connectivity index (χ0) is 16.2. The number of hydrogen-bond acceptors (Lipinski definition) is 4. The van der Waals surface area contributed by atoms with Crippen molar-refractivity contribution >= 4 is 11.6 Å². The second-order valence-electron chi connectivity index (χ2n) is 5.24. The summed E-state index contributed by atoms with van der Waals surface area (Å²) in [7, 11) is 1.87. The smallest absolute Gasteiger partial charge is 0.249 e. The summed E-state index contributed by atoms with van der Waals surface area (Å²) in [4.78, 5) is 1.91. The van der Waals surface area contributed by atoms with E-state index in [1.54, 1.807) is 18.2 Å².